The Balaban J connectivity index is 1.53. The Labute approximate surface area is 169 Å². The lowest BCUT2D eigenvalue weighted by atomic mass is 10.1. The van der Waals surface area contributed by atoms with Crippen LogP contribution in [0.3, 0.4) is 0 Å². The first kappa shape index (κ1) is 18.3. The third-order valence-corrected chi connectivity index (χ3v) is 4.59. The second-order valence-electron chi connectivity index (χ2n) is 5.93. The highest BCUT2D eigenvalue weighted by Crippen LogP contribution is 2.28. The Hall–Kier alpha value is -3.02. The summed E-state index contributed by atoms with van der Waals surface area (Å²) in [6.07, 6.45) is 0. The summed E-state index contributed by atoms with van der Waals surface area (Å²) >= 11 is 11.8. The first-order valence-electron chi connectivity index (χ1n) is 8.25. The van der Waals surface area contributed by atoms with Gasteiger partial charge in [-0.05, 0) is 41.8 Å². The smallest absolute Gasteiger partial charge is 0.349 e. The Morgan fingerprint density at radius 1 is 0.929 bits per heavy atom. The Kier molecular flexibility index (Phi) is 4.94. The number of fused-ring (bicyclic) bond motifs is 3. The van der Waals surface area contributed by atoms with Crippen LogP contribution in [0.15, 0.2) is 69.9 Å². The van der Waals surface area contributed by atoms with Gasteiger partial charge in [0.1, 0.15) is 17.1 Å². The molecule has 0 N–H and O–H groups in total. The number of carbonyl (C=O) groups is 1. The van der Waals surface area contributed by atoms with Gasteiger partial charge in [0.2, 0.25) is 0 Å². The van der Waals surface area contributed by atoms with Gasteiger partial charge in [-0.3, -0.25) is 0 Å². The predicted octanol–water partition coefficient (Wildman–Crippen LogP) is 5.24. The summed E-state index contributed by atoms with van der Waals surface area (Å²) in [6.45, 7) is -0.346. The largest absolute Gasteiger partial charge is 0.480 e. The zero-order valence-corrected chi connectivity index (χ0v) is 15.8. The van der Waals surface area contributed by atoms with Crippen molar-refractivity contribution in [2.75, 3.05) is 6.61 Å². The first-order chi connectivity index (χ1) is 13.5. The minimum Gasteiger partial charge on any atom is -0.480 e. The molecular formula is C21H12Cl2O5. The Morgan fingerprint density at radius 3 is 2.50 bits per heavy atom. The summed E-state index contributed by atoms with van der Waals surface area (Å²) < 4.78 is 16.0. The summed E-state index contributed by atoms with van der Waals surface area (Å²) in [7, 11) is 0. The average molecular weight is 415 g/mol. The summed E-state index contributed by atoms with van der Waals surface area (Å²) in [5.74, 6) is -0.0748. The highest BCUT2D eigenvalue weighted by atomic mass is 35.5. The molecule has 1 heterocycles. The minimum absolute atomic E-state index is 0.238. The van der Waals surface area contributed by atoms with Crippen LogP contribution in [0.2, 0.25) is 10.0 Å². The average Bonchev–Trinajstić information content (AvgIpc) is 2.67. The number of ether oxygens (including phenoxy) is 2. The molecule has 0 aliphatic rings. The standard InChI is InChI=1S/C21H12Cl2O5/c22-12-5-8-18(17(23)9-12)26-11-20(24)27-13-6-7-15-14-3-1-2-4-16(14)21(25)28-19(15)10-13/h1-10H,11H2. The number of rotatable bonds is 4. The molecule has 3 aromatic carbocycles. The van der Waals surface area contributed by atoms with Gasteiger partial charge in [0.25, 0.3) is 0 Å². The summed E-state index contributed by atoms with van der Waals surface area (Å²) in [5.41, 5.74) is -0.122. The molecule has 0 bridgehead atoms. The highest BCUT2D eigenvalue weighted by molar-refractivity contribution is 6.35. The van der Waals surface area contributed by atoms with Gasteiger partial charge in [0.15, 0.2) is 6.61 Å². The molecule has 0 saturated carbocycles. The molecule has 4 rings (SSSR count). The molecule has 7 heteroatoms. The van der Waals surface area contributed by atoms with Crippen LogP contribution in [0.4, 0.5) is 0 Å². The fourth-order valence-electron chi connectivity index (χ4n) is 2.81. The maximum absolute atomic E-state index is 12.1. The molecule has 0 unspecified atom stereocenters. The quantitative estimate of drug-likeness (QED) is 0.198. The summed E-state index contributed by atoms with van der Waals surface area (Å²) in [6, 6.07) is 16.7. The van der Waals surface area contributed by atoms with E-state index in [1.54, 1.807) is 36.4 Å². The maximum atomic E-state index is 12.1. The van der Waals surface area contributed by atoms with Crippen LogP contribution in [-0.4, -0.2) is 12.6 Å². The minimum atomic E-state index is -0.631. The van der Waals surface area contributed by atoms with Crippen molar-refractivity contribution in [3.63, 3.8) is 0 Å². The molecule has 0 spiro atoms. The van der Waals surface area contributed by atoms with Crippen molar-refractivity contribution in [3.8, 4) is 11.5 Å². The van der Waals surface area contributed by atoms with Crippen molar-refractivity contribution in [3.05, 3.63) is 81.1 Å². The highest BCUT2D eigenvalue weighted by Gasteiger charge is 2.12. The van der Waals surface area contributed by atoms with E-state index in [9.17, 15) is 9.59 Å². The first-order valence-corrected chi connectivity index (χ1v) is 9.01. The predicted molar refractivity (Wildman–Crippen MR) is 108 cm³/mol. The van der Waals surface area contributed by atoms with Crippen molar-refractivity contribution in [2.24, 2.45) is 0 Å². The van der Waals surface area contributed by atoms with E-state index in [0.717, 1.165) is 10.8 Å². The van der Waals surface area contributed by atoms with Crippen LogP contribution >= 0.6 is 23.2 Å². The van der Waals surface area contributed by atoms with Crippen molar-refractivity contribution in [1.82, 2.24) is 0 Å². The molecule has 0 atom stereocenters. The van der Waals surface area contributed by atoms with Gasteiger partial charge >= 0.3 is 11.6 Å². The Morgan fingerprint density at radius 2 is 1.71 bits per heavy atom. The van der Waals surface area contributed by atoms with E-state index in [1.807, 2.05) is 12.1 Å². The monoisotopic (exact) mass is 414 g/mol. The Bertz CT molecular complexity index is 1260. The van der Waals surface area contributed by atoms with Crippen LogP contribution in [0, 0.1) is 0 Å². The van der Waals surface area contributed by atoms with E-state index >= 15 is 0 Å². The van der Waals surface area contributed by atoms with Gasteiger partial charge in [0, 0.05) is 16.5 Å². The topological polar surface area (TPSA) is 65.7 Å². The number of hydrogen-bond acceptors (Lipinski definition) is 5. The SMILES string of the molecule is O=C(COc1ccc(Cl)cc1Cl)Oc1ccc2c(c1)oc(=O)c1ccccc12. The van der Waals surface area contributed by atoms with E-state index in [0.29, 0.717) is 26.8 Å². The van der Waals surface area contributed by atoms with Gasteiger partial charge in [0.05, 0.1) is 10.4 Å². The van der Waals surface area contributed by atoms with E-state index in [1.165, 1.54) is 12.1 Å². The fraction of sp³-hybridized carbons (Fsp3) is 0.0476. The number of esters is 1. The molecule has 0 fully saturated rings. The second kappa shape index (κ2) is 7.54. The van der Waals surface area contributed by atoms with E-state index in [4.69, 9.17) is 37.1 Å². The van der Waals surface area contributed by atoms with Gasteiger partial charge in [-0.1, -0.05) is 41.4 Å². The van der Waals surface area contributed by atoms with Gasteiger partial charge in [-0.25, -0.2) is 9.59 Å². The van der Waals surface area contributed by atoms with E-state index in [2.05, 4.69) is 0 Å². The van der Waals surface area contributed by atoms with Crippen molar-refractivity contribution in [1.29, 1.82) is 0 Å². The molecule has 0 aliphatic carbocycles. The van der Waals surface area contributed by atoms with Gasteiger partial charge in [-0.2, -0.15) is 0 Å². The number of carbonyl (C=O) groups excluding carboxylic acids is 1. The van der Waals surface area contributed by atoms with Crippen LogP contribution in [0.25, 0.3) is 21.7 Å². The lowest BCUT2D eigenvalue weighted by Gasteiger charge is -2.09. The molecule has 5 nitrogen and oxygen atoms in total. The number of halogens is 2. The summed E-state index contributed by atoms with van der Waals surface area (Å²) in [5, 5.41) is 2.77. The van der Waals surface area contributed by atoms with Crippen LogP contribution in [0.5, 0.6) is 11.5 Å². The zero-order valence-electron chi connectivity index (χ0n) is 14.3. The normalized spacial score (nSPS) is 10.9. The number of hydrogen-bond donors (Lipinski definition) is 0. The van der Waals surface area contributed by atoms with Crippen LogP contribution in [-0.2, 0) is 4.79 Å². The molecule has 0 amide bonds. The second-order valence-corrected chi connectivity index (χ2v) is 6.77. The fourth-order valence-corrected chi connectivity index (χ4v) is 3.28. The molecule has 0 radical (unpaired) electrons. The molecular weight excluding hydrogens is 403 g/mol. The molecule has 1 aromatic heterocycles. The van der Waals surface area contributed by atoms with Crippen molar-refractivity contribution in [2.45, 2.75) is 0 Å². The molecule has 28 heavy (non-hydrogen) atoms. The summed E-state index contributed by atoms with van der Waals surface area (Å²) in [4.78, 5) is 24.2. The van der Waals surface area contributed by atoms with E-state index < -0.39 is 11.6 Å². The lowest BCUT2D eigenvalue weighted by molar-refractivity contribution is -0.136. The van der Waals surface area contributed by atoms with E-state index in [-0.39, 0.29) is 12.4 Å². The van der Waals surface area contributed by atoms with Crippen LogP contribution in [0.1, 0.15) is 0 Å². The van der Waals surface area contributed by atoms with Gasteiger partial charge in [-0.15, -0.1) is 0 Å². The zero-order chi connectivity index (χ0) is 19.7. The van der Waals surface area contributed by atoms with Gasteiger partial charge < -0.3 is 13.9 Å². The third-order valence-electron chi connectivity index (χ3n) is 4.06. The van der Waals surface area contributed by atoms with Crippen LogP contribution < -0.4 is 15.1 Å². The maximum Gasteiger partial charge on any atom is 0.349 e. The molecule has 140 valence electrons. The lowest BCUT2D eigenvalue weighted by Crippen LogP contribution is -2.17. The van der Waals surface area contributed by atoms with Crippen molar-refractivity contribution < 1.29 is 18.7 Å². The van der Waals surface area contributed by atoms with Crippen molar-refractivity contribution >= 4 is 50.9 Å². The molecule has 0 aliphatic heterocycles. The third kappa shape index (κ3) is 3.67. The molecule has 4 aromatic rings. The number of benzene rings is 3. The molecule has 0 saturated heterocycles.